The molecule has 0 amide bonds. The number of rotatable bonds is 56. The van der Waals surface area contributed by atoms with Gasteiger partial charge in [0.1, 0.15) is 55.4 Å². The minimum absolute atomic E-state index is 0.175. The SMILES string of the molecule is CCCCCCCCCCCCCCCCCCCCCCCCCC(=O)O[C@H](COC(=O)CCCCCCCCCCCCCCCCCCCCCCC)CO[C@H]1O[C@@H](CO[C@H]2O[C@@H](CO)[C@@H](O)C(O)C2O)[C@@H](O)C(O)C1O. The van der Waals surface area contributed by atoms with Gasteiger partial charge >= 0.3 is 11.9 Å². The van der Waals surface area contributed by atoms with E-state index in [-0.39, 0.29) is 26.1 Å². The van der Waals surface area contributed by atoms with Gasteiger partial charge < -0.3 is 64.2 Å². The van der Waals surface area contributed by atoms with E-state index in [2.05, 4.69) is 13.8 Å². The summed E-state index contributed by atoms with van der Waals surface area (Å²) >= 11 is 0. The van der Waals surface area contributed by atoms with E-state index < -0.39 is 92.7 Å². The van der Waals surface area contributed by atoms with Crippen LogP contribution in [-0.4, -0.2) is 142 Å². The van der Waals surface area contributed by atoms with Crippen molar-refractivity contribution in [2.45, 2.75) is 377 Å². The summed E-state index contributed by atoms with van der Waals surface area (Å²) in [6.45, 7) is 2.69. The molecule has 0 aromatic rings. The maximum absolute atomic E-state index is 13.1. The zero-order valence-electron chi connectivity index (χ0n) is 51.1. The minimum Gasteiger partial charge on any atom is -0.462 e. The van der Waals surface area contributed by atoms with E-state index in [1.165, 1.54) is 231 Å². The van der Waals surface area contributed by atoms with Gasteiger partial charge in [0.2, 0.25) is 0 Å². The van der Waals surface area contributed by atoms with Crippen LogP contribution in [0, 0.1) is 0 Å². The Balaban J connectivity index is 1.68. The van der Waals surface area contributed by atoms with Crippen molar-refractivity contribution in [1.29, 1.82) is 0 Å². The molecule has 2 aliphatic heterocycles. The Labute approximate surface area is 487 Å². The third kappa shape index (κ3) is 37.7. The van der Waals surface area contributed by atoms with Crippen molar-refractivity contribution in [2.75, 3.05) is 26.4 Å². The molecule has 2 heterocycles. The zero-order valence-corrected chi connectivity index (χ0v) is 51.1. The largest absolute Gasteiger partial charge is 0.462 e. The van der Waals surface area contributed by atoms with Crippen LogP contribution in [0.1, 0.15) is 309 Å². The normalized spacial score (nSPS) is 23.6. The van der Waals surface area contributed by atoms with Crippen LogP contribution in [0.5, 0.6) is 0 Å². The molecular weight excluding hydrogens is 1020 g/mol. The number of carbonyl (C=O) groups is 2. The molecule has 80 heavy (non-hydrogen) atoms. The van der Waals surface area contributed by atoms with Crippen molar-refractivity contribution in [3.05, 3.63) is 0 Å². The van der Waals surface area contributed by atoms with Crippen molar-refractivity contribution in [1.82, 2.24) is 0 Å². The Morgan fingerprint density at radius 3 is 0.975 bits per heavy atom. The van der Waals surface area contributed by atoms with Gasteiger partial charge in [-0.15, -0.1) is 0 Å². The molecule has 0 radical (unpaired) electrons. The van der Waals surface area contributed by atoms with E-state index in [1.807, 2.05) is 0 Å². The summed E-state index contributed by atoms with van der Waals surface area (Å²) in [6.07, 6.45) is 39.9. The molecule has 2 rings (SSSR count). The molecule has 0 aromatic carbocycles. The summed E-state index contributed by atoms with van der Waals surface area (Å²) in [5, 5.41) is 72.5. The first-order chi connectivity index (χ1) is 39.0. The standard InChI is InChI=1S/C65H124O15/c1-3-5-7-9-11-13-15-17-19-21-23-25-26-28-30-32-34-36-38-40-42-44-46-48-57(68)78-53(51-76-64-63(74)61(72)59(70)55(80-64)52-77-65-62(73)60(71)58(69)54(49-66)79-65)50-75-56(67)47-45-43-41-39-37-35-33-31-29-27-24-22-20-18-16-14-12-10-8-6-4-2/h53-55,58-66,69-74H,3-52H2,1-2H3/t53-,54+,55+,58-,59-,60?,61?,62?,63?,64+,65+/m1/s1. The average Bonchev–Trinajstić information content (AvgIpc) is 3.52. The second kappa shape index (κ2) is 51.9. The molecule has 0 aromatic heterocycles. The fourth-order valence-corrected chi connectivity index (χ4v) is 11.2. The molecule has 2 fully saturated rings. The van der Waals surface area contributed by atoms with E-state index in [1.54, 1.807) is 0 Å². The van der Waals surface area contributed by atoms with Crippen LogP contribution < -0.4 is 0 Å². The van der Waals surface area contributed by atoms with Gasteiger partial charge in [0.15, 0.2) is 18.7 Å². The van der Waals surface area contributed by atoms with Crippen molar-refractivity contribution >= 4 is 11.9 Å². The molecule has 474 valence electrons. The van der Waals surface area contributed by atoms with Crippen LogP contribution in [0.25, 0.3) is 0 Å². The Kier molecular flexibility index (Phi) is 48.4. The molecule has 0 aliphatic carbocycles. The van der Waals surface area contributed by atoms with E-state index in [0.29, 0.717) is 12.8 Å². The van der Waals surface area contributed by atoms with E-state index >= 15 is 0 Å². The third-order valence-electron chi connectivity index (χ3n) is 16.6. The first-order valence-corrected chi connectivity index (χ1v) is 33.6. The number of hydrogen-bond acceptors (Lipinski definition) is 15. The highest BCUT2D eigenvalue weighted by molar-refractivity contribution is 5.70. The first kappa shape index (κ1) is 74.6. The number of esters is 2. The Morgan fingerprint density at radius 1 is 0.350 bits per heavy atom. The van der Waals surface area contributed by atoms with Gasteiger partial charge in [-0.2, -0.15) is 0 Å². The average molecular weight is 1150 g/mol. The highest BCUT2D eigenvalue weighted by atomic mass is 16.7. The Hall–Kier alpha value is -1.50. The van der Waals surface area contributed by atoms with Gasteiger partial charge in [-0.25, -0.2) is 0 Å². The molecule has 11 atom stereocenters. The summed E-state index contributed by atoms with van der Waals surface area (Å²) < 4.78 is 33.8. The number of ether oxygens (including phenoxy) is 6. The number of hydrogen-bond donors (Lipinski definition) is 7. The van der Waals surface area contributed by atoms with Crippen LogP contribution >= 0.6 is 0 Å². The smallest absolute Gasteiger partial charge is 0.306 e. The maximum Gasteiger partial charge on any atom is 0.306 e. The highest BCUT2D eigenvalue weighted by Crippen LogP contribution is 2.27. The van der Waals surface area contributed by atoms with Gasteiger partial charge in [-0.05, 0) is 12.8 Å². The first-order valence-electron chi connectivity index (χ1n) is 33.6. The molecule has 15 nitrogen and oxygen atoms in total. The molecule has 7 N–H and O–H groups in total. The lowest BCUT2D eigenvalue weighted by molar-refractivity contribution is -0.332. The number of aliphatic hydroxyl groups excluding tert-OH is 7. The molecule has 0 spiro atoms. The van der Waals surface area contributed by atoms with Gasteiger partial charge in [-0.3, -0.25) is 9.59 Å². The Morgan fingerprint density at radius 2 is 0.637 bits per heavy atom. The van der Waals surface area contributed by atoms with Gasteiger partial charge in [-0.1, -0.05) is 284 Å². The van der Waals surface area contributed by atoms with Crippen molar-refractivity contribution in [3.8, 4) is 0 Å². The summed E-state index contributed by atoms with van der Waals surface area (Å²) in [7, 11) is 0. The quantitative estimate of drug-likeness (QED) is 0.0222. The fraction of sp³-hybridized carbons (Fsp3) is 0.969. The lowest BCUT2D eigenvalue weighted by Gasteiger charge is -2.42. The lowest BCUT2D eigenvalue weighted by Crippen LogP contribution is -2.61. The molecule has 0 saturated carbocycles. The topological polar surface area (TPSA) is 231 Å². The van der Waals surface area contributed by atoms with E-state index in [9.17, 15) is 45.3 Å². The second-order valence-electron chi connectivity index (χ2n) is 24.0. The minimum atomic E-state index is -1.76. The predicted octanol–water partition coefficient (Wildman–Crippen LogP) is 13.1. The van der Waals surface area contributed by atoms with Crippen molar-refractivity contribution in [2.24, 2.45) is 0 Å². The van der Waals surface area contributed by atoms with Crippen molar-refractivity contribution in [3.63, 3.8) is 0 Å². The predicted molar refractivity (Wildman–Crippen MR) is 317 cm³/mol. The molecule has 15 heteroatoms. The van der Waals surface area contributed by atoms with Crippen LogP contribution in [0.4, 0.5) is 0 Å². The number of aliphatic hydroxyl groups is 7. The van der Waals surface area contributed by atoms with Gasteiger partial charge in [0, 0.05) is 12.8 Å². The molecule has 2 saturated heterocycles. The summed E-state index contributed by atoms with van der Waals surface area (Å²) in [4.78, 5) is 26.0. The van der Waals surface area contributed by atoms with Crippen molar-refractivity contribution < 1.29 is 73.8 Å². The summed E-state index contributed by atoms with van der Waals surface area (Å²) in [5.74, 6) is -0.898. The fourth-order valence-electron chi connectivity index (χ4n) is 11.2. The molecule has 4 unspecified atom stereocenters. The van der Waals surface area contributed by atoms with Gasteiger partial charge in [0.05, 0.1) is 19.8 Å². The maximum atomic E-state index is 13.1. The lowest BCUT2D eigenvalue weighted by atomic mass is 9.98. The van der Waals surface area contributed by atoms with E-state index in [0.717, 1.165) is 38.5 Å². The van der Waals surface area contributed by atoms with Crippen LogP contribution in [0.3, 0.4) is 0 Å². The summed E-state index contributed by atoms with van der Waals surface area (Å²) in [5.41, 5.74) is 0. The van der Waals surface area contributed by atoms with Crippen LogP contribution in [-0.2, 0) is 38.0 Å². The number of unbranched alkanes of at least 4 members (excludes halogenated alkanes) is 42. The zero-order chi connectivity index (χ0) is 58.1. The monoisotopic (exact) mass is 1140 g/mol. The third-order valence-corrected chi connectivity index (χ3v) is 16.6. The summed E-state index contributed by atoms with van der Waals surface area (Å²) in [6, 6.07) is 0. The van der Waals surface area contributed by atoms with Crippen LogP contribution in [0.15, 0.2) is 0 Å². The number of carbonyl (C=O) groups excluding carboxylic acids is 2. The van der Waals surface area contributed by atoms with Gasteiger partial charge in [0.25, 0.3) is 0 Å². The Bertz CT molecular complexity index is 1390. The highest BCUT2D eigenvalue weighted by Gasteiger charge is 2.47. The molecule has 0 bridgehead atoms. The molecular formula is C65H124O15. The second-order valence-corrected chi connectivity index (χ2v) is 24.0. The molecule has 2 aliphatic rings. The van der Waals surface area contributed by atoms with E-state index in [4.69, 9.17) is 28.4 Å². The van der Waals surface area contributed by atoms with Crippen LogP contribution in [0.2, 0.25) is 0 Å².